The summed E-state index contributed by atoms with van der Waals surface area (Å²) in [6.07, 6.45) is -0.809. The third-order valence-corrected chi connectivity index (χ3v) is 3.56. The summed E-state index contributed by atoms with van der Waals surface area (Å²) in [7, 11) is 3.00. The molecule has 0 fully saturated rings. The standard InChI is InChI=1S/C15H18ClF3N6.HI/c1-20-14(21-6-5-10-3-4-12(16)22-7-10)23-8-11-9-25(2)24-13(11)15(17,18)19;/h3-4,7,9H,5-6,8H2,1-2H3,(H2,20,21,23);1H. The van der Waals surface area contributed by atoms with Gasteiger partial charge in [0, 0.05) is 45.1 Å². The molecule has 0 aliphatic rings. The molecular weight excluding hydrogens is 484 g/mol. The van der Waals surface area contributed by atoms with Gasteiger partial charge in [0.05, 0.1) is 0 Å². The highest BCUT2D eigenvalue weighted by molar-refractivity contribution is 14.0. The number of aromatic nitrogens is 3. The molecule has 2 rings (SSSR count). The SMILES string of the molecule is CN=C(NCCc1ccc(Cl)nc1)NCc1cn(C)nc1C(F)(F)F.I. The van der Waals surface area contributed by atoms with Crippen LogP contribution in [0.3, 0.4) is 0 Å². The van der Waals surface area contributed by atoms with Crippen LogP contribution in [0.1, 0.15) is 16.8 Å². The molecule has 6 nitrogen and oxygen atoms in total. The summed E-state index contributed by atoms with van der Waals surface area (Å²) in [6, 6.07) is 3.56. The Morgan fingerprint density at radius 3 is 2.62 bits per heavy atom. The lowest BCUT2D eigenvalue weighted by molar-refractivity contribution is -0.142. The van der Waals surface area contributed by atoms with E-state index >= 15 is 0 Å². The summed E-state index contributed by atoms with van der Waals surface area (Å²) < 4.78 is 39.9. The van der Waals surface area contributed by atoms with Crippen molar-refractivity contribution in [1.82, 2.24) is 25.4 Å². The van der Waals surface area contributed by atoms with E-state index in [1.807, 2.05) is 6.07 Å². The molecule has 0 saturated heterocycles. The minimum absolute atomic E-state index is 0. The molecule has 0 amide bonds. The van der Waals surface area contributed by atoms with Crippen molar-refractivity contribution in [2.75, 3.05) is 13.6 Å². The molecule has 0 aliphatic heterocycles. The van der Waals surface area contributed by atoms with E-state index in [0.717, 1.165) is 10.2 Å². The third kappa shape index (κ3) is 6.63. The van der Waals surface area contributed by atoms with E-state index in [1.54, 1.807) is 19.3 Å². The highest BCUT2D eigenvalue weighted by atomic mass is 127. The number of hydrogen-bond acceptors (Lipinski definition) is 3. The van der Waals surface area contributed by atoms with Gasteiger partial charge in [-0.05, 0) is 18.1 Å². The largest absolute Gasteiger partial charge is 0.435 e. The zero-order valence-corrected chi connectivity index (χ0v) is 17.2. The maximum atomic E-state index is 12.9. The highest BCUT2D eigenvalue weighted by Gasteiger charge is 2.36. The average Bonchev–Trinajstić information content (AvgIpc) is 2.93. The summed E-state index contributed by atoms with van der Waals surface area (Å²) >= 11 is 5.72. The fourth-order valence-electron chi connectivity index (χ4n) is 2.18. The van der Waals surface area contributed by atoms with Gasteiger partial charge in [-0.2, -0.15) is 18.3 Å². The number of pyridine rings is 1. The number of aryl methyl sites for hydroxylation is 1. The Kier molecular flexibility index (Phi) is 8.60. The van der Waals surface area contributed by atoms with Gasteiger partial charge in [0.1, 0.15) is 5.15 Å². The Labute approximate surface area is 171 Å². The van der Waals surface area contributed by atoms with Crippen LogP contribution in [0.2, 0.25) is 5.15 Å². The lowest BCUT2D eigenvalue weighted by atomic mass is 10.2. The molecule has 2 aromatic heterocycles. The van der Waals surface area contributed by atoms with Crippen LogP contribution in [-0.2, 0) is 26.2 Å². The number of nitrogens with one attached hydrogen (secondary N) is 2. The highest BCUT2D eigenvalue weighted by Crippen LogP contribution is 2.30. The van der Waals surface area contributed by atoms with Crippen molar-refractivity contribution in [2.45, 2.75) is 19.1 Å². The van der Waals surface area contributed by atoms with Crippen LogP contribution in [0, 0.1) is 0 Å². The quantitative estimate of drug-likeness (QED) is 0.286. The Hall–Kier alpha value is -1.56. The lowest BCUT2D eigenvalue weighted by Crippen LogP contribution is -2.38. The van der Waals surface area contributed by atoms with E-state index in [1.165, 1.54) is 13.2 Å². The molecule has 0 radical (unpaired) electrons. The van der Waals surface area contributed by atoms with Gasteiger partial charge in [-0.25, -0.2) is 4.98 Å². The normalized spacial score (nSPS) is 11.8. The molecule has 0 aliphatic carbocycles. The van der Waals surface area contributed by atoms with Crippen molar-refractivity contribution in [3.63, 3.8) is 0 Å². The first kappa shape index (κ1) is 22.5. The van der Waals surface area contributed by atoms with Crippen LogP contribution >= 0.6 is 35.6 Å². The molecule has 2 heterocycles. The Morgan fingerprint density at radius 2 is 2.04 bits per heavy atom. The molecule has 0 atom stereocenters. The lowest BCUT2D eigenvalue weighted by Gasteiger charge is -2.12. The molecule has 0 aromatic carbocycles. The smallest absolute Gasteiger partial charge is 0.356 e. The van der Waals surface area contributed by atoms with Gasteiger partial charge in [0.25, 0.3) is 0 Å². The average molecular weight is 503 g/mol. The third-order valence-electron chi connectivity index (χ3n) is 3.34. The second-order valence-corrected chi connectivity index (χ2v) is 5.65. The minimum Gasteiger partial charge on any atom is -0.356 e. The number of rotatable bonds is 5. The molecular formula is C15H19ClF3IN6. The topological polar surface area (TPSA) is 67.1 Å². The number of nitrogens with zero attached hydrogens (tertiary/aromatic N) is 4. The fourth-order valence-corrected chi connectivity index (χ4v) is 2.30. The monoisotopic (exact) mass is 502 g/mol. The van der Waals surface area contributed by atoms with Gasteiger partial charge in [0.15, 0.2) is 11.7 Å². The fraction of sp³-hybridized carbons (Fsp3) is 0.400. The van der Waals surface area contributed by atoms with E-state index < -0.39 is 11.9 Å². The first-order chi connectivity index (χ1) is 11.8. The molecule has 11 heteroatoms. The van der Waals surface area contributed by atoms with Gasteiger partial charge < -0.3 is 10.6 Å². The molecule has 2 N–H and O–H groups in total. The van der Waals surface area contributed by atoms with Gasteiger partial charge in [-0.1, -0.05) is 17.7 Å². The minimum atomic E-state index is -4.49. The van der Waals surface area contributed by atoms with Crippen molar-refractivity contribution in [3.05, 3.63) is 46.5 Å². The second kappa shape index (κ2) is 9.95. The van der Waals surface area contributed by atoms with E-state index in [-0.39, 0.29) is 36.1 Å². The summed E-state index contributed by atoms with van der Waals surface area (Å²) in [5, 5.41) is 9.78. The number of hydrogen-bond donors (Lipinski definition) is 2. The summed E-state index contributed by atoms with van der Waals surface area (Å²) in [4.78, 5) is 7.98. The maximum Gasteiger partial charge on any atom is 0.435 e. The van der Waals surface area contributed by atoms with E-state index in [2.05, 4.69) is 25.7 Å². The van der Waals surface area contributed by atoms with Crippen LogP contribution in [-0.4, -0.2) is 34.3 Å². The summed E-state index contributed by atoms with van der Waals surface area (Å²) in [5.41, 5.74) is 0.143. The van der Waals surface area contributed by atoms with Gasteiger partial charge >= 0.3 is 6.18 Å². The van der Waals surface area contributed by atoms with Gasteiger partial charge in [-0.3, -0.25) is 9.67 Å². The molecule has 0 unspecified atom stereocenters. The predicted molar refractivity (Wildman–Crippen MR) is 105 cm³/mol. The van der Waals surface area contributed by atoms with E-state index in [4.69, 9.17) is 11.6 Å². The van der Waals surface area contributed by atoms with Gasteiger partial charge in [-0.15, -0.1) is 24.0 Å². The van der Waals surface area contributed by atoms with E-state index in [0.29, 0.717) is 24.1 Å². The molecule has 2 aromatic rings. The number of guanidine groups is 1. The van der Waals surface area contributed by atoms with E-state index in [9.17, 15) is 13.2 Å². The Morgan fingerprint density at radius 1 is 1.31 bits per heavy atom. The Bertz CT molecular complexity index is 730. The number of halogens is 5. The number of alkyl halides is 3. The van der Waals surface area contributed by atoms with Crippen molar-refractivity contribution in [3.8, 4) is 0 Å². The van der Waals surface area contributed by atoms with Crippen molar-refractivity contribution in [1.29, 1.82) is 0 Å². The first-order valence-corrected chi connectivity index (χ1v) is 7.82. The molecule has 26 heavy (non-hydrogen) atoms. The van der Waals surface area contributed by atoms with Crippen molar-refractivity contribution >= 4 is 41.5 Å². The van der Waals surface area contributed by atoms with Crippen LogP contribution in [0.15, 0.2) is 29.5 Å². The van der Waals surface area contributed by atoms with Crippen molar-refractivity contribution in [2.24, 2.45) is 12.0 Å². The molecule has 0 saturated carbocycles. The van der Waals surface area contributed by atoms with Crippen molar-refractivity contribution < 1.29 is 13.2 Å². The number of aliphatic imine (C=N–C) groups is 1. The van der Waals surface area contributed by atoms with Crippen LogP contribution < -0.4 is 10.6 Å². The first-order valence-electron chi connectivity index (χ1n) is 7.44. The summed E-state index contributed by atoms with van der Waals surface area (Å²) in [5.74, 6) is 0.402. The zero-order valence-electron chi connectivity index (χ0n) is 14.1. The molecule has 0 spiro atoms. The molecule has 144 valence electrons. The predicted octanol–water partition coefficient (Wildman–Crippen LogP) is 3.01. The van der Waals surface area contributed by atoms with Crippen LogP contribution in [0.25, 0.3) is 0 Å². The van der Waals surface area contributed by atoms with Crippen LogP contribution in [0.4, 0.5) is 13.2 Å². The zero-order chi connectivity index (χ0) is 18.4. The maximum absolute atomic E-state index is 12.9. The van der Waals surface area contributed by atoms with Gasteiger partial charge in [0.2, 0.25) is 0 Å². The molecule has 0 bridgehead atoms. The summed E-state index contributed by atoms with van der Waals surface area (Å²) in [6.45, 7) is 0.507. The Balaban J connectivity index is 0.00000338. The second-order valence-electron chi connectivity index (χ2n) is 5.27. The van der Waals surface area contributed by atoms with Crippen LogP contribution in [0.5, 0.6) is 0 Å².